The van der Waals surface area contributed by atoms with Crippen molar-refractivity contribution < 1.29 is 14.8 Å². The number of amides is 2. The fourth-order valence-corrected chi connectivity index (χ4v) is 5.81. The van der Waals surface area contributed by atoms with E-state index in [-0.39, 0.29) is 35.3 Å². The molecule has 2 amide bonds. The van der Waals surface area contributed by atoms with Crippen LogP contribution in [0.15, 0.2) is 41.2 Å². The first kappa shape index (κ1) is 22.6. The highest BCUT2D eigenvalue weighted by Gasteiger charge is 2.42. The van der Waals surface area contributed by atoms with Crippen LogP contribution in [-0.4, -0.2) is 50.5 Å². The SMILES string of the molecule is CC(C)C[C@@H](C(=O)N1CC2C[C@@H](C1)Cn1c2ccc(N([O-])O)c1=O)N1Cc2ccccc2C1=O. The molecule has 0 radical (unpaired) electrons. The van der Waals surface area contributed by atoms with Gasteiger partial charge in [0.05, 0.1) is 0 Å². The summed E-state index contributed by atoms with van der Waals surface area (Å²) in [4.78, 5) is 43.3. The molecule has 5 rings (SSSR count). The molecule has 3 atom stereocenters. The summed E-state index contributed by atoms with van der Waals surface area (Å²) in [5.74, 6) is 0.123. The van der Waals surface area contributed by atoms with Gasteiger partial charge in [-0.25, -0.2) is 0 Å². The molecule has 1 unspecified atom stereocenters. The van der Waals surface area contributed by atoms with Gasteiger partial charge in [0, 0.05) is 43.4 Å². The van der Waals surface area contributed by atoms with Gasteiger partial charge in [0.2, 0.25) is 5.91 Å². The zero-order valence-corrected chi connectivity index (χ0v) is 19.4. The van der Waals surface area contributed by atoms with Crippen molar-refractivity contribution in [3.63, 3.8) is 0 Å². The molecule has 1 N–H and O–H groups in total. The maximum atomic E-state index is 13.9. The Labute approximate surface area is 197 Å². The molecule has 2 bridgehead atoms. The summed E-state index contributed by atoms with van der Waals surface area (Å²) in [6.45, 7) is 5.89. The van der Waals surface area contributed by atoms with E-state index in [0.717, 1.165) is 17.7 Å². The van der Waals surface area contributed by atoms with Gasteiger partial charge in [0.15, 0.2) is 0 Å². The van der Waals surface area contributed by atoms with Crippen molar-refractivity contribution >= 4 is 17.5 Å². The van der Waals surface area contributed by atoms with E-state index in [4.69, 9.17) is 0 Å². The van der Waals surface area contributed by atoms with Crippen LogP contribution in [0.1, 0.15) is 54.2 Å². The molecule has 3 aliphatic heterocycles. The number of nitrogens with zero attached hydrogens (tertiary/aromatic N) is 4. The minimum absolute atomic E-state index is 0.0387. The number of rotatable bonds is 5. The molecule has 2 aromatic rings. The van der Waals surface area contributed by atoms with Crippen LogP contribution >= 0.6 is 0 Å². The molecular formula is C25H29N4O5-. The van der Waals surface area contributed by atoms with E-state index in [9.17, 15) is 24.8 Å². The minimum Gasteiger partial charge on any atom is -0.733 e. The van der Waals surface area contributed by atoms with Gasteiger partial charge < -0.3 is 24.8 Å². The van der Waals surface area contributed by atoms with Crippen LogP contribution in [0.3, 0.4) is 0 Å². The van der Waals surface area contributed by atoms with Crippen molar-refractivity contribution in [3.8, 4) is 0 Å². The molecule has 0 spiro atoms. The third kappa shape index (κ3) is 3.78. The van der Waals surface area contributed by atoms with E-state index < -0.39 is 16.8 Å². The third-order valence-corrected chi connectivity index (χ3v) is 7.31. The lowest BCUT2D eigenvalue weighted by molar-refractivity contribution is -0.139. The van der Waals surface area contributed by atoms with Gasteiger partial charge >= 0.3 is 0 Å². The van der Waals surface area contributed by atoms with E-state index >= 15 is 0 Å². The topological polar surface area (TPSA) is 109 Å². The summed E-state index contributed by atoms with van der Waals surface area (Å²) in [5.41, 5.74) is 1.57. The molecule has 180 valence electrons. The molecule has 0 saturated carbocycles. The molecular weight excluding hydrogens is 436 g/mol. The summed E-state index contributed by atoms with van der Waals surface area (Å²) in [5, 5.41) is 20.1. The number of hydrogen-bond acceptors (Lipinski definition) is 6. The smallest absolute Gasteiger partial charge is 0.275 e. The summed E-state index contributed by atoms with van der Waals surface area (Å²) >= 11 is 0. The molecule has 1 aromatic carbocycles. The van der Waals surface area contributed by atoms with Gasteiger partial charge in [-0.1, -0.05) is 32.0 Å². The van der Waals surface area contributed by atoms with Gasteiger partial charge in [-0.05, 0) is 48.4 Å². The Bertz CT molecular complexity index is 1190. The molecule has 0 aliphatic carbocycles. The zero-order valence-electron chi connectivity index (χ0n) is 19.4. The van der Waals surface area contributed by atoms with Gasteiger partial charge in [0.25, 0.3) is 11.5 Å². The second-order valence-electron chi connectivity index (χ2n) is 10.1. The number of aromatic nitrogens is 1. The highest BCUT2D eigenvalue weighted by atomic mass is 16.8. The number of carbonyl (C=O) groups excluding carboxylic acids is 2. The lowest BCUT2D eigenvalue weighted by Crippen LogP contribution is -2.55. The molecule has 1 fully saturated rings. The Kier molecular flexibility index (Phi) is 5.69. The number of anilines is 1. The number of carbonyl (C=O) groups is 2. The molecule has 1 saturated heterocycles. The zero-order chi connectivity index (χ0) is 24.1. The molecule has 9 nitrogen and oxygen atoms in total. The van der Waals surface area contributed by atoms with Crippen LogP contribution in [0.25, 0.3) is 0 Å². The van der Waals surface area contributed by atoms with E-state index in [2.05, 4.69) is 13.8 Å². The average Bonchev–Trinajstić information content (AvgIpc) is 3.13. The highest BCUT2D eigenvalue weighted by Crippen LogP contribution is 2.37. The second-order valence-corrected chi connectivity index (χ2v) is 10.1. The lowest BCUT2D eigenvalue weighted by atomic mass is 9.82. The maximum absolute atomic E-state index is 13.9. The van der Waals surface area contributed by atoms with Crippen molar-refractivity contribution in [1.82, 2.24) is 14.4 Å². The molecule has 9 heteroatoms. The van der Waals surface area contributed by atoms with Crippen LogP contribution < -0.4 is 10.8 Å². The molecule has 34 heavy (non-hydrogen) atoms. The van der Waals surface area contributed by atoms with Crippen molar-refractivity contribution in [2.75, 3.05) is 18.3 Å². The van der Waals surface area contributed by atoms with Gasteiger partial charge in [-0.15, -0.1) is 0 Å². The van der Waals surface area contributed by atoms with Crippen LogP contribution in [0.4, 0.5) is 5.69 Å². The highest BCUT2D eigenvalue weighted by molar-refractivity contribution is 6.01. The Hall–Kier alpha value is -3.17. The predicted molar refractivity (Wildman–Crippen MR) is 125 cm³/mol. The Morgan fingerprint density at radius 3 is 2.62 bits per heavy atom. The fraction of sp³-hybridized carbons (Fsp3) is 0.480. The van der Waals surface area contributed by atoms with E-state index in [1.165, 1.54) is 6.07 Å². The normalized spacial score (nSPS) is 22.0. The van der Waals surface area contributed by atoms with Gasteiger partial charge in [-0.2, -0.15) is 0 Å². The van der Waals surface area contributed by atoms with Crippen molar-refractivity contribution in [1.29, 1.82) is 0 Å². The standard InChI is InChI=1S/C25H29N4O5/c1-15(2)9-22(28-14-17-5-3-4-6-19(17)23(28)30)24(31)26-11-16-10-18(13-26)20-7-8-21(29(33)34)25(32)27(20)12-16/h3-8,15-16,18,22,33H,9-14H2,1-2H3/q-1/t16-,18?,22-/m0/s1. The first-order valence-corrected chi connectivity index (χ1v) is 11.8. The maximum Gasteiger partial charge on any atom is 0.275 e. The summed E-state index contributed by atoms with van der Waals surface area (Å²) in [6, 6.07) is 10.0. The Morgan fingerprint density at radius 2 is 1.91 bits per heavy atom. The Morgan fingerprint density at radius 1 is 1.15 bits per heavy atom. The van der Waals surface area contributed by atoms with E-state index in [1.807, 2.05) is 29.2 Å². The first-order valence-electron chi connectivity index (χ1n) is 11.8. The predicted octanol–water partition coefficient (Wildman–Crippen LogP) is 2.56. The van der Waals surface area contributed by atoms with E-state index in [1.54, 1.807) is 15.5 Å². The molecule has 1 aromatic heterocycles. The van der Waals surface area contributed by atoms with Crippen molar-refractivity contribution in [2.24, 2.45) is 11.8 Å². The number of hydrogen-bond donors (Lipinski definition) is 1. The van der Waals surface area contributed by atoms with Crippen LogP contribution in [0.5, 0.6) is 0 Å². The second kappa shape index (κ2) is 8.56. The third-order valence-electron chi connectivity index (χ3n) is 7.31. The van der Waals surface area contributed by atoms with Gasteiger partial charge in [0.1, 0.15) is 11.7 Å². The van der Waals surface area contributed by atoms with E-state index in [0.29, 0.717) is 38.2 Å². The summed E-state index contributed by atoms with van der Waals surface area (Å²) in [7, 11) is 0. The number of piperidine rings is 1. The van der Waals surface area contributed by atoms with Crippen LogP contribution in [-0.2, 0) is 17.9 Å². The fourth-order valence-electron chi connectivity index (χ4n) is 5.81. The monoisotopic (exact) mass is 465 g/mol. The number of benzene rings is 1. The minimum atomic E-state index is -0.535. The van der Waals surface area contributed by atoms with Crippen LogP contribution in [0.2, 0.25) is 0 Å². The Balaban J connectivity index is 1.41. The largest absolute Gasteiger partial charge is 0.733 e. The number of pyridine rings is 1. The van der Waals surface area contributed by atoms with Crippen molar-refractivity contribution in [3.05, 3.63) is 68.8 Å². The summed E-state index contributed by atoms with van der Waals surface area (Å²) < 4.78 is 1.56. The number of fused-ring (bicyclic) bond motifs is 5. The quantitative estimate of drug-likeness (QED) is 0.680. The van der Waals surface area contributed by atoms with Gasteiger partial charge in [-0.3, -0.25) is 19.6 Å². The number of likely N-dealkylation sites (tertiary alicyclic amines) is 1. The van der Waals surface area contributed by atoms with Crippen LogP contribution in [0, 0.1) is 17.0 Å². The average molecular weight is 466 g/mol. The van der Waals surface area contributed by atoms with Crippen molar-refractivity contribution in [2.45, 2.75) is 51.7 Å². The molecule has 3 aliphatic rings. The lowest BCUT2D eigenvalue weighted by Gasteiger charge is -2.44. The molecule has 4 heterocycles. The summed E-state index contributed by atoms with van der Waals surface area (Å²) in [6.07, 6.45) is 1.44. The first-order chi connectivity index (χ1) is 16.2.